The summed E-state index contributed by atoms with van der Waals surface area (Å²) >= 11 is 0. The van der Waals surface area contributed by atoms with Crippen LogP contribution in [0, 0.1) is 0 Å². The molecule has 0 amide bonds. The van der Waals surface area contributed by atoms with Crippen molar-refractivity contribution in [3.05, 3.63) is 71.6 Å². The van der Waals surface area contributed by atoms with E-state index in [-0.39, 0.29) is 23.9 Å². The summed E-state index contributed by atoms with van der Waals surface area (Å²) in [7, 11) is 1.54. The van der Waals surface area contributed by atoms with Gasteiger partial charge in [0.25, 0.3) is 5.89 Å². The summed E-state index contributed by atoms with van der Waals surface area (Å²) in [6, 6.07) is 11.6. The first-order chi connectivity index (χ1) is 13.8. The third-order valence-corrected chi connectivity index (χ3v) is 3.76. The van der Waals surface area contributed by atoms with E-state index in [9.17, 15) is 18.0 Å². The summed E-state index contributed by atoms with van der Waals surface area (Å²) in [4.78, 5) is 15.8. The minimum Gasteiger partial charge on any atom is -0.497 e. The molecule has 0 saturated heterocycles. The fraction of sp³-hybridized carbons (Fsp3) is 0.150. The van der Waals surface area contributed by atoms with E-state index in [2.05, 4.69) is 10.1 Å². The van der Waals surface area contributed by atoms with Crippen molar-refractivity contribution in [1.29, 1.82) is 0 Å². The summed E-state index contributed by atoms with van der Waals surface area (Å²) in [5, 5.41) is 3.62. The van der Waals surface area contributed by atoms with Crippen LogP contribution in [0.5, 0.6) is 5.75 Å². The Hall–Kier alpha value is -3.62. The number of rotatable bonds is 6. The summed E-state index contributed by atoms with van der Waals surface area (Å²) in [6.45, 7) is -0.312. The number of hydrogen-bond donors (Lipinski definition) is 0. The maximum Gasteiger partial charge on any atom is 0.416 e. The average molecular weight is 404 g/mol. The molecule has 0 saturated carbocycles. The molecular weight excluding hydrogens is 389 g/mol. The average Bonchev–Trinajstić information content (AvgIpc) is 3.19. The van der Waals surface area contributed by atoms with Gasteiger partial charge < -0.3 is 14.0 Å². The lowest BCUT2D eigenvalue weighted by molar-refractivity contribution is -0.140. The first-order valence-corrected chi connectivity index (χ1v) is 8.34. The van der Waals surface area contributed by atoms with E-state index >= 15 is 0 Å². The lowest BCUT2D eigenvalue weighted by Crippen LogP contribution is -2.04. The van der Waals surface area contributed by atoms with E-state index in [1.54, 1.807) is 30.3 Å². The number of halogens is 3. The van der Waals surface area contributed by atoms with Crippen LogP contribution in [-0.2, 0) is 22.3 Å². The van der Waals surface area contributed by atoms with Gasteiger partial charge >= 0.3 is 12.1 Å². The summed E-state index contributed by atoms with van der Waals surface area (Å²) < 4.78 is 53.4. The summed E-state index contributed by atoms with van der Waals surface area (Å²) in [5.41, 5.74) is 0.0560. The highest BCUT2D eigenvalue weighted by atomic mass is 19.4. The number of benzene rings is 2. The maximum absolute atomic E-state index is 12.8. The van der Waals surface area contributed by atoms with Crippen LogP contribution in [0.3, 0.4) is 0 Å². The van der Waals surface area contributed by atoms with Crippen molar-refractivity contribution in [2.45, 2.75) is 12.8 Å². The first kappa shape index (κ1) is 20.1. The van der Waals surface area contributed by atoms with Crippen LogP contribution in [0.4, 0.5) is 13.2 Å². The van der Waals surface area contributed by atoms with Crippen molar-refractivity contribution in [2.24, 2.45) is 0 Å². The Kier molecular flexibility index (Phi) is 5.96. The number of carbonyl (C=O) groups is 1. The molecule has 2 aromatic carbocycles. The van der Waals surface area contributed by atoms with Crippen molar-refractivity contribution in [2.75, 3.05) is 7.11 Å². The molecule has 6 nitrogen and oxygen atoms in total. The second kappa shape index (κ2) is 8.59. The Morgan fingerprint density at radius 1 is 1.17 bits per heavy atom. The van der Waals surface area contributed by atoms with Crippen molar-refractivity contribution in [3.63, 3.8) is 0 Å². The van der Waals surface area contributed by atoms with E-state index in [1.165, 1.54) is 25.3 Å². The van der Waals surface area contributed by atoms with Crippen LogP contribution < -0.4 is 4.74 Å². The molecule has 9 heteroatoms. The van der Waals surface area contributed by atoms with Crippen molar-refractivity contribution in [3.8, 4) is 17.1 Å². The molecule has 0 atom stereocenters. The molecule has 1 heterocycles. The van der Waals surface area contributed by atoms with Crippen molar-refractivity contribution < 1.29 is 32.0 Å². The second-order valence-electron chi connectivity index (χ2n) is 5.81. The lowest BCUT2D eigenvalue weighted by Gasteiger charge is -2.06. The smallest absolute Gasteiger partial charge is 0.416 e. The second-order valence-corrected chi connectivity index (χ2v) is 5.81. The van der Waals surface area contributed by atoms with E-state index in [1.807, 2.05) is 0 Å². The molecule has 150 valence electrons. The first-order valence-electron chi connectivity index (χ1n) is 8.34. The Bertz CT molecular complexity index is 1030. The minimum atomic E-state index is -4.48. The molecule has 3 aromatic rings. The van der Waals surface area contributed by atoms with E-state index in [4.69, 9.17) is 14.0 Å². The predicted molar refractivity (Wildman–Crippen MR) is 96.6 cm³/mol. The van der Waals surface area contributed by atoms with Crippen LogP contribution in [-0.4, -0.2) is 23.2 Å². The zero-order valence-corrected chi connectivity index (χ0v) is 15.1. The van der Waals surface area contributed by atoms with E-state index < -0.39 is 17.7 Å². The Morgan fingerprint density at radius 2 is 1.97 bits per heavy atom. The molecule has 0 bridgehead atoms. The Morgan fingerprint density at radius 3 is 2.72 bits per heavy atom. The quantitative estimate of drug-likeness (QED) is 0.444. The minimum absolute atomic E-state index is 0.0333. The summed E-state index contributed by atoms with van der Waals surface area (Å²) in [5.74, 6) is -0.0743. The fourth-order valence-corrected chi connectivity index (χ4v) is 2.36. The predicted octanol–water partition coefficient (Wildman–Crippen LogP) is 4.52. The standard InChI is InChI=1S/C20H15F3N2O4/c1-27-16-7-2-4-13(10-16)8-9-18(26)28-12-17-24-19(25-29-17)14-5-3-6-15(11-14)20(21,22)23/h2-11H,12H2,1H3/b9-8+. The van der Waals surface area contributed by atoms with Crippen LogP contribution >= 0.6 is 0 Å². The number of esters is 1. The van der Waals surface area contributed by atoms with Gasteiger partial charge in [0.2, 0.25) is 5.82 Å². The zero-order chi connectivity index (χ0) is 20.9. The number of hydrogen-bond acceptors (Lipinski definition) is 6. The van der Waals surface area contributed by atoms with Gasteiger partial charge in [0.05, 0.1) is 12.7 Å². The lowest BCUT2D eigenvalue weighted by atomic mass is 10.1. The van der Waals surface area contributed by atoms with E-state index in [0.717, 1.165) is 17.7 Å². The van der Waals surface area contributed by atoms with Gasteiger partial charge in [0.15, 0.2) is 6.61 Å². The van der Waals surface area contributed by atoms with Gasteiger partial charge in [-0.1, -0.05) is 29.4 Å². The number of aromatic nitrogens is 2. The molecule has 0 N–H and O–H groups in total. The van der Waals surface area contributed by atoms with Crippen molar-refractivity contribution >= 4 is 12.0 Å². The zero-order valence-electron chi connectivity index (χ0n) is 15.1. The van der Waals surface area contributed by atoms with Crippen LogP contribution in [0.25, 0.3) is 17.5 Å². The molecule has 0 radical (unpaired) electrons. The molecular formula is C20H15F3N2O4. The Labute approximate surface area is 163 Å². The number of alkyl halides is 3. The van der Waals surface area contributed by atoms with Gasteiger partial charge in [-0.2, -0.15) is 18.2 Å². The SMILES string of the molecule is COc1cccc(/C=C/C(=O)OCc2nc(-c3cccc(C(F)(F)F)c3)no2)c1. The fourth-order valence-electron chi connectivity index (χ4n) is 2.36. The van der Waals surface area contributed by atoms with Gasteiger partial charge in [-0.25, -0.2) is 4.79 Å². The van der Waals surface area contributed by atoms with E-state index in [0.29, 0.717) is 5.75 Å². The number of ether oxygens (including phenoxy) is 2. The third-order valence-electron chi connectivity index (χ3n) is 3.76. The van der Waals surface area contributed by atoms with Crippen LogP contribution in [0.1, 0.15) is 17.0 Å². The molecule has 0 aliphatic rings. The largest absolute Gasteiger partial charge is 0.497 e. The monoisotopic (exact) mass is 404 g/mol. The molecule has 0 aliphatic heterocycles. The summed E-state index contributed by atoms with van der Waals surface area (Å²) in [6.07, 6.45) is -1.71. The number of nitrogens with zero attached hydrogens (tertiary/aromatic N) is 2. The highest BCUT2D eigenvalue weighted by molar-refractivity contribution is 5.87. The highest BCUT2D eigenvalue weighted by Crippen LogP contribution is 2.31. The molecule has 0 fully saturated rings. The highest BCUT2D eigenvalue weighted by Gasteiger charge is 2.30. The maximum atomic E-state index is 12.8. The van der Waals surface area contributed by atoms with Gasteiger partial charge in [0.1, 0.15) is 5.75 Å². The van der Waals surface area contributed by atoms with Gasteiger partial charge in [-0.05, 0) is 35.9 Å². The van der Waals surface area contributed by atoms with Crippen LogP contribution in [0.15, 0.2) is 59.1 Å². The van der Waals surface area contributed by atoms with Gasteiger partial charge in [-0.15, -0.1) is 0 Å². The van der Waals surface area contributed by atoms with Gasteiger partial charge in [-0.3, -0.25) is 0 Å². The molecule has 3 rings (SSSR count). The number of carbonyl (C=O) groups excluding carboxylic acids is 1. The normalized spacial score (nSPS) is 11.6. The molecule has 0 spiro atoms. The molecule has 0 aliphatic carbocycles. The Balaban J connectivity index is 1.60. The number of methoxy groups -OCH3 is 1. The molecule has 1 aromatic heterocycles. The molecule has 0 unspecified atom stereocenters. The van der Waals surface area contributed by atoms with Gasteiger partial charge in [0, 0.05) is 11.6 Å². The topological polar surface area (TPSA) is 74.5 Å². The van der Waals surface area contributed by atoms with Crippen LogP contribution in [0.2, 0.25) is 0 Å². The third kappa shape index (κ3) is 5.44. The van der Waals surface area contributed by atoms with Crippen molar-refractivity contribution in [1.82, 2.24) is 10.1 Å². The molecule has 29 heavy (non-hydrogen) atoms.